The van der Waals surface area contributed by atoms with Crippen LogP contribution in [0.1, 0.15) is 26.3 Å². The van der Waals surface area contributed by atoms with Crippen molar-refractivity contribution in [1.82, 2.24) is 5.32 Å². The van der Waals surface area contributed by atoms with Crippen LogP contribution in [0.5, 0.6) is 0 Å². The van der Waals surface area contributed by atoms with Gasteiger partial charge in [0.15, 0.2) is 18.9 Å². The number of pyridine rings is 1. The molecule has 0 saturated heterocycles. The van der Waals surface area contributed by atoms with Gasteiger partial charge in [-0.3, -0.25) is 9.13 Å². The van der Waals surface area contributed by atoms with E-state index in [1.807, 2.05) is 0 Å². The van der Waals surface area contributed by atoms with Crippen LogP contribution in [0.3, 0.4) is 0 Å². The van der Waals surface area contributed by atoms with Crippen LogP contribution in [-0.2, 0) is 26.8 Å². The zero-order valence-electron chi connectivity index (χ0n) is 16.2. The summed E-state index contributed by atoms with van der Waals surface area (Å²) in [5.41, 5.74) is -0.693. The third-order valence-electron chi connectivity index (χ3n) is 3.60. The minimum Gasteiger partial charge on any atom is -0.444 e. The largest absolute Gasteiger partial charge is 0.444 e. The van der Waals surface area contributed by atoms with Gasteiger partial charge in [0.05, 0.1) is 6.54 Å². The highest BCUT2D eigenvalue weighted by molar-refractivity contribution is 7.72. The maximum atomic E-state index is 11.6. The van der Waals surface area contributed by atoms with Gasteiger partial charge in [0, 0.05) is 18.1 Å². The van der Waals surface area contributed by atoms with Crippen molar-refractivity contribution in [2.75, 3.05) is 6.54 Å². The molecule has 1 amide bonds. The number of aromatic nitrogens is 1. The smallest absolute Gasteiger partial charge is 0.407 e. The molecule has 1 aromatic rings. The Kier molecular flexibility index (Phi) is 8.14. The summed E-state index contributed by atoms with van der Waals surface area (Å²) in [6.07, 6.45) is -0.0654. The molecule has 1 unspecified atom stereocenters. The summed E-state index contributed by atoms with van der Waals surface area (Å²) in [6, 6.07) is 2.71. The van der Waals surface area contributed by atoms with Gasteiger partial charge in [-0.15, -0.1) is 0 Å². The van der Waals surface area contributed by atoms with Crippen molar-refractivity contribution in [3.05, 3.63) is 30.1 Å². The molecule has 0 aromatic carbocycles. The predicted octanol–water partition coefficient (Wildman–Crippen LogP) is -0.596. The first-order valence-electron chi connectivity index (χ1n) is 8.41. The van der Waals surface area contributed by atoms with Gasteiger partial charge in [0.2, 0.25) is 0 Å². The molecular weight excluding hydrogens is 430 g/mol. The Hall–Kier alpha value is -1.36. The lowest BCUT2D eigenvalue weighted by molar-refractivity contribution is -0.703. The Labute approximate surface area is 167 Å². The van der Waals surface area contributed by atoms with Crippen LogP contribution in [0.25, 0.3) is 0 Å². The van der Waals surface area contributed by atoms with Gasteiger partial charge in [-0.1, -0.05) is 0 Å². The van der Waals surface area contributed by atoms with E-state index in [2.05, 4.69) is 5.32 Å². The van der Waals surface area contributed by atoms with Crippen LogP contribution in [0, 0.1) is 0 Å². The molecule has 0 aliphatic rings. The van der Waals surface area contributed by atoms with Crippen LogP contribution in [-0.4, -0.2) is 59.2 Å². The fraction of sp³-hybridized carbons (Fsp3) is 0.600. The number of nitrogens with zero attached hydrogens (tertiary/aromatic N) is 1. The molecule has 14 heteroatoms. The Morgan fingerprint density at radius 1 is 1.21 bits per heavy atom. The summed E-state index contributed by atoms with van der Waals surface area (Å²) in [5.74, 6) is 0. The Bertz CT molecular complexity index is 792. The van der Waals surface area contributed by atoms with E-state index in [4.69, 9.17) is 4.74 Å². The number of alkyl carbamates (subject to hydrolysis) is 1. The summed E-state index contributed by atoms with van der Waals surface area (Å²) in [4.78, 5) is 48.5. The summed E-state index contributed by atoms with van der Waals surface area (Å²) in [5, 5.41) is 18.9. The fourth-order valence-corrected chi connectivity index (χ4v) is 4.40. The van der Waals surface area contributed by atoms with Crippen molar-refractivity contribution in [1.29, 1.82) is 0 Å². The number of aliphatic hydroxyl groups excluding tert-OH is 1. The highest BCUT2D eigenvalue weighted by Crippen LogP contribution is 2.68. The molecule has 0 radical (unpaired) electrons. The molecule has 29 heavy (non-hydrogen) atoms. The minimum absolute atomic E-state index is 0.00829. The molecule has 1 rings (SSSR count). The maximum absolute atomic E-state index is 11.6. The molecule has 1 aromatic heterocycles. The highest BCUT2D eigenvalue weighted by Gasteiger charge is 2.59. The molecule has 0 spiro atoms. The topological polar surface area (TPSA) is 198 Å². The molecule has 0 aliphatic carbocycles. The van der Waals surface area contributed by atoms with E-state index in [1.165, 1.54) is 29.1 Å². The summed E-state index contributed by atoms with van der Waals surface area (Å²) >= 11 is 0. The number of nitrogens with one attached hydrogen (secondary N) is 1. The second-order valence-corrected chi connectivity index (χ2v) is 11.5. The number of carbonyl (C=O) groups excluding carboxylic acids is 1. The second kappa shape index (κ2) is 9.20. The first-order valence-corrected chi connectivity index (χ1v) is 11.6. The van der Waals surface area contributed by atoms with Gasteiger partial charge in [0.25, 0.3) is 5.08 Å². The quantitative estimate of drug-likeness (QED) is 0.195. The third kappa shape index (κ3) is 7.76. The van der Waals surface area contributed by atoms with Gasteiger partial charge in [-0.05, 0) is 26.8 Å². The summed E-state index contributed by atoms with van der Waals surface area (Å²) in [6.45, 7) is 4.83. The predicted molar refractivity (Wildman–Crippen MR) is 99.6 cm³/mol. The van der Waals surface area contributed by atoms with E-state index in [1.54, 1.807) is 20.8 Å². The number of carbonyl (C=O) groups is 1. The zero-order valence-corrected chi connectivity index (χ0v) is 18.0. The van der Waals surface area contributed by atoms with E-state index in [0.717, 1.165) is 0 Å². The standard InChI is InChI=1S/C15H26N2O10P2/c1-14(2,3)27-13(19)16-8-12(18)10-17-6-4-5-11(9-17)7-15(20,28(21,22)23)29(24,25)26/h4-6,9,12,18,20H,7-8,10H2,1-3H3,(H4-,16,19,21,22,23,24,25,26)/p+1. The van der Waals surface area contributed by atoms with Crippen molar-refractivity contribution in [3.63, 3.8) is 0 Å². The van der Waals surface area contributed by atoms with Gasteiger partial charge in [0.1, 0.15) is 11.7 Å². The van der Waals surface area contributed by atoms with Gasteiger partial charge in [-0.25, -0.2) is 9.36 Å². The molecule has 1 atom stereocenters. The lowest BCUT2D eigenvalue weighted by atomic mass is 10.2. The number of amides is 1. The van der Waals surface area contributed by atoms with Crippen LogP contribution < -0.4 is 9.88 Å². The SMILES string of the molecule is CC(C)(C)OC(=O)NCC(O)C[n+]1cccc(CC(O)(P(=O)(O)O)P(=O)(O)O)c1. The normalized spacial score (nSPS) is 14.4. The lowest BCUT2D eigenvalue weighted by Gasteiger charge is -2.28. The zero-order chi connectivity index (χ0) is 22.7. The molecule has 1 heterocycles. The molecule has 166 valence electrons. The molecule has 7 N–H and O–H groups in total. The van der Waals surface area contributed by atoms with Crippen molar-refractivity contribution >= 4 is 21.3 Å². The molecule has 12 nitrogen and oxygen atoms in total. The second-order valence-electron chi connectivity index (χ2n) is 7.48. The van der Waals surface area contributed by atoms with Crippen molar-refractivity contribution < 1.29 is 53.0 Å². The highest BCUT2D eigenvalue weighted by atomic mass is 31.2. The number of hydrogen-bond acceptors (Lipinski definition) is 6. The number of aliphatic hydroxyl groups is 2. The Morgan fingerprint density at radius 2 is 1.76 bits per heavy atom. The van der Waals surface area contributed by atoms with E-state index < -0.39 is 44.5 Å². The van der Waals surface area contributed by atoms with Crippen LogP contribution in [0.15, 0.2) is 24.5 Å². The first kappa shape index (κ1) is 25.7. The van der Waals surface area contributed by atoms with Gasteiger partial charge < -0.3 is 39.8 Å². The van der Waals surface area contributed by atoms with Crippen LogP contribution in [0.4, 0.5) is 4.79 Å². The van der Waals surface area contributed by atoms with Crippen molar-refractivity contribution in [3.8, 4) is 0 Å². The number of hydrogen-bond donors (Lipinski definition) is 7. The van der Waals surface area contributed by atoms with E-state index >= 15 is 0 Å². The van der Waals surface area contributed by atoms with Crippen LogP contribution in [0.2, 0.25) is 0 Å². The monoisotopic (exact) mass is 457 g/mol. The fourth-order valence-electron chi connectivity index (χ4n) is 2.27. The average Bonchev–Trinajstić information content (AvgIpc) is 2.49. The van der Waals surface area contributed by atoms with Crippen LogP contribution >= 0.6 is 15.2 Å². The molecular formula is C15H27N2O10P2+. The summed E-state index contributed by atoms with van der Waals surface area (Å²) in [7, 11) is -11.2. The van der Waals surface area contributed by atoms with Gasteiger partial charge >= 0.3 is 21.3 Å². The van der Waals surface area contributed by atoms with Crippen molar-refractivity contribution in [2.24, 2.45) is 0 Å². The number of ether oxygens (including phenoxy) is 1. The molecule has 0 fully saturated rings. The van der Waals surface area contributed by atoms with E-state index in [9.17, 15) is 43.7 Å². The maximum Gasteiger partial charge on any atom is 0.407 e. The van der Waals surface area contributed by atoms with E-state index in [-0.39, 0.29) is 18.7 Å². The minimum atomic E-state index is -5.58. The van der Waals surface area contributed by atoms with Crippen molar-refractivity contribution in [2.45, 2.75) is 50.5 Å². The van der Waals surface area contributed by atoms with E-state index in [0.29, 0.717) is 0 Å². The molecule has 0 aliphatic heterocycles. The third-order valence-corrected chi connectivity index (χ3v) is 7.34. The summed E-state index contributed by atoms with van der Waals surface area (Å²) < 4.78 is 29.3. The number of rotatable bonds is 8. The first-order chi connectivity index (χ1) is 12.9. The Morgan fingerprint density at radius 3 is 2.24 bits per heavy atom. The van der Waals surface area contributed by atoms with Gasteiger partial charge in [-0.2, -0.15) is 0 Å². The molecule has 0 bridgehead atoms. The molecule has 0 saturated carbocycles. The average molecular weight is 457 g/mol. The Balaban J connectivity index is 2.84. The lowest BCUT2D eigenvalue weighted by Crippen LogP contribution is -2.45.